The Labute approximate surface area is 185 Å². The summed E-state index contributed by atoms with van der Waals surface area (Å²) in [5, 5.41) is 14.6. The molecule has 0 bridgehead atoms. The molecular weight excluding hydrogens is 443 g/mol. The minimum Gasteiger partial charge on any atom is -0.493 e. The van der Waals surface area contributed by atoms with Crippen molar-refractivity contribution in [3.63, 3.8) is 0 Å². The number of thioether (sulfide) groups is 1. The van der Waals surface area contributed by atoms with Gasteiger partial charge in [-0.15, -0.1) is 21.5 Å². The van der Waals surface area contributed by atoms with Gasteiger partial charge in [-0.25, -0.2) is 9.37 Å². The first-order chi connectivity index (χ1) is 14.7. The summed E-state index contributed by atoms with van der Waals surface area (Å²) in [6, 6.07) is 12.2. The van der Waals surface area contributed by atoms with Crippen LogP contribution in [0.1, 0.15) is 5.69 Å². The van der Waals surface area contributed by atoms with Crippen LogP contribution in [0.25, 0.3) is 10.6 Å². The fourth-order valence-electron chi connectivity index (χ4n) is 2.68. The molecule has 154 valence electrons. The highest BCUT2D eigenvalue weighted by Crippen LogP contribution is 2.39. The molecule has 0 aliphatic rings. The number of para-hydroxylation sites is 2. The summed E-state index contributed by atoms with van der Waals surface area (Å²) >= 11 is 4.45. The highest BCUT2D eigenvalue weighted by Gasteiger charge is 2.15. The third-order valence-corrected chi connectivity index (χ3v) is 6.98. The summed E-state index contributed by atoms with van der Waals surface area (Å²) in [6.07, 6.45) is 0. The van der Waals surface area contributed by atoms with Gasteiger partial charge in [-0.05, 0) is 24.3 Å². The number of nitrogens with zero attached hydrogens (tertiary/aromatic N) is 3. The molecular formula is C20H17FN4O2S3. The highest BCUT2D eigenvalue weighted by molar-refractivity contribution is 8.00. The minimum absolute atomic E-state index is 0.329. The lowest BCUT2D eigenvalue weighted by Gasteiger charge is -2.10. The minimum atomic E-state index is -0.329. The van der Waals surface area contributed by atoms with Gasteiger partial charge in [0.05, 0.1) is 31.2 Å². The van der Waals surface area contributed by atoms with Gasteiger partial charge in [0.25, 0.3) is 0 Å². The molecule has 2 aromatic carbocycles. The molecule has 0 saturated carbocycles. The third-order valence-electron chi connectivity index (χ3n) is 4.05. The van der Waals surface area contributed by atoms with E-state index in [1.165, 1.54) is 29.2 Å². The highest BCUT2D eigenvalue weighted by atomic mass is 32.2. The smallest absolute Gasteiger partial charge is 0.210 e. The number of hydrogen-bond donors (Lipinski definition) is 1. The molecule has 0 unspecified atom stereocenters. The zero-order chi connectivity index (χ0) is 20.9. The number of anilines is 2. The Morgan fingerprint density at radius 3 is 2.73 bits per heavy atom. The van der Waals surface area contributed by atoms with E-state index in [-0.39, 0.29) is 5.82 Å². The van der Waals surface area contributed by atoms with E-state index in [1.807, 2.05) is 23.6 Å². The molecule has 6 nitrogen and oxygen atoms in total. The third kappa shape index (κ3) is 4.55. The van der Waals surface area contributed by atoms with E-state index in [0.29, 0.717) is 28.1 Å². The van der Waals surface area contributed by atoms with E-state index >= 15 is 0 Å². The lowest BCUT2D eigenvalue weighted by molar-refractivity contribution is 0.356. The molecule has 0 radical (unpaired) electrons. The molecule has 0 spiro atoms. The van der Waals surface area contributed by atoms with Crippen LogP contribution in [0, 0.1) is 5.82 Å². The van der Waals surface area contributed by atoms with Crippen LogP contribution in [0.15, 0.2) is 52.2 Å². The number of hydrogen-bond acceptors (Lipinski definition) is 9. The van der Waals surface area contributed by atoms with Crippen LogP contribution >= 0.6 is 34.4 Å². The van der Waals surface area contributed by atoms with Crippen LogP contribution in [0.5, 0.6) is 11.5 Å². The largest absolute Gasteiger partial charge is 0.493 e. The van der Waals surface area contributed by atoms with E-state index in [4.69, 9.17) is 14.5 Å². The Bertz CT molecular complexity index is 1150. The van der Waals surface area contributed by atoms with Gasteiger partial charge < -0.3 is 14.8 Å². The van der Waals surface area contributed by atoms with Crippen LogP contribution in [0.3, 0.4) is 0 Å². The Morgan fingerprint density at radius 2 is 1.93 bits per heavy atom. The first kappa shape index (κ1) is 20.6. The van der Waals surface area contributed by atoms with Crippen LogP contribution in [-0.2, 0) is 5.75 Å². The second-order valence-corrected chi connectivity index (χ2v) is 9.01. The molecule has 2 aromatic heterocycles. The van der Waals surface area contributed by atoms with Gasteiger partial charge in [-0.1, -0.05) is 41.3 Å². The maximum absolute atomic E-state index is 13.8. The molecule has 4 aromatic rings. The molecule has 0 fully saturated rings. The van der Waals surface area contributed by atoms with Crippen LogP contribution in [0.4, 0.5) is 15.2 Å². The average molecular weight is 461 g/mol. The summed E-state index contributed by atoms with van der Waals surface area (Å²) in [4.78, 5) is 4.72. The van der Waals surface area contributed by atoms with Crippen LogP contribution in [0.2, 0.25) is 0 Å². The predicted molar refractivity (Wildman–Crippen MR) is 120 cm³/mol. The quantitative estimate of drug-likeness (QED) is 0.331. The van der Waals surface area contributed by atoms with Crippen LogP contribution < -0.4 is 14.8 Å². The Morgan fingerprint density at radius 1 is 1.07 bits per heavy atom. The van der Waals surface area contributed by atoms with Crippen molar-refractivity contribution < 1.29 is 13.9 Å². The van der Waals surface area contributed by atoms with E-state index in [2.05, 4.69) is 15.5 Å². The van der Waals surface area contributed by atoms with Gasteiger partial charge in [0.15, 0.2) is 15.8 Å². The topological polar surface area (TPSA) is 69.2 Å². The van der Waals surface area contributed by atoms with Crippen molar-refractivity contribution in [1.29, 1.82) is 0 Å². The predicted octanol–water partition coefficient (Wildman–Crippen LogP) is 5.85. The van der Waals surface area contributed by atoms with Crippen molar-refractivity contribution in [1.82, 2.24) is 15.2 Å². The number of aromatic nitrogens is 3. The summed E-state index contributed by atoms with van der Waals surface area (Å²) < 4.78 is 25.4. The number of halogens is 1. The van der Waals surface area contributed by atoms with Crippen molar-refractivity contribution in [2.24, 2.45) is 0 Å². The lowest BCUT2D eigenvalue weighted by Crippen LogP contribution is -1.93. The number of nitrogens with one attached hydrogen (secondary N) is 1. The number of rotatable bonds is 8. The van der Waals surface area contributed by atoms with Gasteiger partial charge in [0, 0.05) is 11.1 Å². The normalized spacial score (nSPS) is 10.8. The molecule has 1 N–H and O–H groups in total. The summed E-state index contributed by atoms with van der Waals surface area (Å²) in [5.41, 5.74) is 2.20. The van der Waals surface area contributed by atoms with Gasteiger partial charge in [-0.2, -0.15) is 0 Å². The van der Waals surface area contributed by atoms with Crippen molar-refractivity contribution in [2.75, 3.05) is 19.5 Å². The van der Waals surface area contributed by atoms with Crippen molar-refractivity contribution in [3.8, 4) is 22.1 Å². The zero-order valence-corrected chi connectivity index (χ0v) is 18.5. The molecule has 4 rings (SSSR count). The summed E-state index contributed by atoms with van der Waals surface area (Å²) in [5.74, 6) is 1.66. The monoisotopic (exact) mass is 460 g/mol. The van der Waals surface area contributed by atoms with E-state index in [9.17, 15) is 4.39 Å². The van der Waals surface area contributed by atoms with E-state index in [1.54, 1.807) is 43.8 Å². The van der Waals surface area contributed by atoms with Crippen LogP contribution in [-0.4, -0.2) is 29.4 Å². The Hall–Kier alpha value is -2.69. The summed E-state index contributed by atoms with van der Waals surface area (Å²) in [7, 11) is 3.23. The molecule has 0 atom stereocenters. The Balaban J connectivity index is 1.42. The maximum atomic E-state index is 13.8. The number of benzene rings is 2. The van der Waals surface area contributed by atoms with Crippen molar-refractivity contribution >= 4 is 45.3 Å². The standard InChI is InChI=1S/C20H17FN4O2S3/c1-26-16-9-5-6-13(17(16)27-2)18-22-12(10-28-18)11-29-20-25-24-19(30-20)23-15-8-4-3-7-14(15)21/h3-10H,11H2,1-2H3,(H,23,24). The molecule has 30 heavy (non-hydrogen) atoms. The maximum Gasteiger partial charge on any atom is 0.210 e. The Kier molecular flexibility index (Phi) is 6.46. The lowest BCUT2D eigenvalue weighted by atomic mass is 10.2. The second-order valence-electron chi connectivity index (χ2n) is 5.95. The number of thiazole rings is 1. The number of methoxy groups -OCH3 is 2. The van der Waals surface area contributed by atoms with Gasteiger partial charge in [0.2, 0.25) is 5.13 Å². The van der Waals surface area contributed by atoms with Crippen molar-refractivity contribution in [3.05, 3.63) is 59.4 Å². The fourth-order valence-corrected chi connectivity index (χ4v) is 5.29. The van der Waals surface area contributed by atoms with E-state index in [0.717, 1.165) is 20.6 Å². The zero-order valence-electron chi connectivity index (χ0n) is 16.1. The molecule has 0 aliphatic heterocycles. The molecule has 0 saturated heterocycles. The molecule has 10 heteroatoms. The van der Waals surface area contributed by atoms with Gasteiger partial charge in [-0.3, -0.25) is 0 Å². The second kappa shape index (κ2) is 9.41. The summed E-state index contributed by atoms with van der Waals surface area (Å²) in [6.45, 7) is 0. The number of ether oxygens (including phenoxy) is 2. The first-order valence-electron chi connectivity index (χ1n) is 8.81. The van der Waals surface area contributed by atoms with Gasteiger partial charge in [0.1, 0.15) is 10.8 Å². The molecule has 0 aliphatic carbocycles. The van der Waals surface area contributed by atoms with E-state index < -0.39 is 0 Å². The van der Waals surface area contributed by atoms with Crippen molar-refractivity contribution in [2.45, 2.75) is 10.1 Å². The van der Waals surface area contributed by atoms with Gasteiger partial charge >= 0.3 is 0 Å². The SMILES string of the molecule is COc1cccc(-c2nc(CSc3nnc(Nc4ccccc4F)s3)cs2)c1OC. The molecule has 0 amide bonds. The fraction of sp³-hybridized carbons (Fsp3) is 0.150. The first-order valence-corrected chi connectivity index (χ1v) is 11.5. The average Bonchev–Trinajstić information content (AvgIpc) is 3.42. The molecule has 2 heterocycles.